The first kappa shape index (κ1) is 26.3. The molecule has 0 aromatic heterocycles. The van der Waals surface area contributed by atoms with Crippen LogP contribution >= 0.6 is 0 Å². The SMILES string of the molecule is C/C=C/CCc1c(F)cc(CCC2CCC(c3ccc(C[C@@H](C)c4ccccc4)cc3)CC2)cc1F. The van der Waals surface area contributed by atoms with E-state index in [1.807, 2.05) is 19.1 Å². The molecule has 0 amide bonds. The van der Waals surface area contributed by atoms with Gasteiger partial charge in [-0.1, -0.05) is 73.7 Å². The molecule has 1 aliphatic rings. The summed E-state index contributed by atoms with van der Waals surface area (Å²) in [5, 5.41) is 0. The van der Waals surface area contributed by atoms with Crippen molar-refractivity contribution in [1.82, 2.24) is 0 Å². The average molecular weight is 487 g/mol. The normalized spacial score (nSPS) is 19.0. The first-order valence-electron chi connectivity index (χ1n) is 13.7. The zero-order valence-electron chi connectivity index (χ0n) is 21.9. The number of aryl methyl sites for hydroxylation is 1. The summed E-state index contributed by atoms with van der Waals surface area (Å²) in [6.07, 6.45) is 12.6. The van der Waals surface area contributed by atoms with Crippen molar-refractivity contribution >= 4 is 0 Å². The minimum atomic E-state index is -0.389. The molecule has 0 saturated heterocycles. The van der Waals surface area contributed by atoms with Gasteiger partial charge in [-0.15, -0.1) is 0 Å². The molecule has 0 spiro atoms. The summed E-state index contributed by atoms with van der Waals surface area (Å²) in [6, 6.07) is 23.1. The van der Waals surface area contributed by atoms with Crippen LogP contribution in [-0.4, -0.2) is 0 Å². The van der Waals surface area contributed by atoms with Crippen molar-refractivity contribution in [3.8, 4) is 0 Å². The van der Waals surface area contributed by atoms with Gasteiger partial charge in [0.1, 0.15) is 11.6 Å². The second kappa shape index (κ2) is 13.0. The van der Waals surface area contributed by atoms with E-state index in [9.17, 15) is 8.78 Å². The summed E-state index contributed by atoms with van der Waals surface area (Å²) < 4.78 is 28.9. The number of halogens is 2. The van der Waals surface area contributed by atoms with Crippen molar-refractivity contribution in [1.29, 1.82) is 0 Å². The van der Waals surface area contributed by atoms with Crippen molar-refractivity contribution < 1.29 is 8.78 Å². The molecular weight excluding hydrogens is 446 g/mol. The molecule has 0 N–H and O–H groups in total. The van der Waals surface area contributed by atoms with Crippen LogP contribution in [0.2, 0.25) is 0 Å². The monoisotopic (exact) mass is 486 g/mol. The topological polar surface area (TPSA) is 0 Å². The molecule has 1 atom stereocenters. The lowest BCUT2D eigenvalue weighted by atomic mass is 9.76. The summed E-state index contributed by atoms with van der Waals surface area (Å²) in [4.78, 5) is 0. The Morgan fingerprint density at radius 1 is 0.833 bits per heavy atom. The molecule has 2 heteroatoms. The second-order valence-electron chi connectivity index (χ2n) is 10.7. The van der Waals surface area contributed by atoms with E-state index in [1.54, 1.807) is 12.1 Å². The highest BCUT2D eigenvalue weighted by Crippen LogP contribution is 2.38. The third kappa shape index (κ3) is 7.15. The molecule has 0 nitrogen and oxygen atoms in total. The zero-order chi connectivity index (χ0) is 25.3. The summed E-state index contributed by atoms with van der Waals surface area (Å²) in [6.45, 7) is 4.22. The molecule has 36 heavy (non-hydrogen) atoms. The first-order valence-corrected chi connectivity index (χ1v) is 13.7. The summed E-state index contributed by atoms with van der Waals surface area (Å²) in [5.74, 6) is 1.02. The van der Waals surface area contributed by atoms with Crippen LogP contribution in [0.1, 0.15) is 92.0 Å². The molecule has 1 saturated carbocycles. The average Bonchev–Trinajstić information content (AvgIpc) is 2.90. The third-order valence-corrected chi connectivity index (χ3v) is 8.05. The van der Waals surface area contributed by atoms with Gasteiger partial charge < -0.3 is 0 Å². The first-order chi connectivity index (χ1) is 17.5. The molecule has 1 fully saturated rings. The Morgan fingerprint density at radius 2 is 1.50 bits per heavy atom. The highest BCUT2D eigenvalue weighted by molar-refractivity contribution is 5.29. The van der Waals surface area contributed by atoms with Gasteiger partial charge in [0.05, 0.1) is 0 Å². The summed E-state index contributed by atoms with van der Waals surface area (Å²) >= 11 is 0. The summed E-state index contributed by atoms with van der Waals surface area (Å²) in [5.41, 5.74) is 5.27. The third-order valence-electron chi connectivity index (χ3n) is 8.05. The highest BCUT2D eigenvalue weighted by atomic mass is 19.1. The molecule has 190 valence electrons. The van der Waals surface area contributed by atoms with E-state index in [2.05, 4.69) is 61.5 Å². The zero-order valence-corrected chi connectivity index (χ0v) is 21.9. The fourth-order valence-corrected chi connectivity index (χ4v) is 5.77. The molecule has 0 heterocycles. The molecule has 0 aliphatic heterocycles. The van der Waals surface area contributed by atoms with Crippen LogP contribution < -0.4 is 0 Å². The Labute approximate surface area is 216 Å². The number of rotatable bonds is 10. The number of benzene rings is 3. The van der Waals surface area contributed by atoms with E-state index in [0.29, 0.717) is 30.6 Å². The molecule has 1 aliphatic carbocycles. The maximum Gasteiger partial charge on any atom is 0.129 e. The molecular formula is C34H40F2. The molecule has 0 unspecified atom stereocenters. The molecule has 4 rings (SSSR count). The predicted molar refractivity (Wildman–Crippen MR) is 148 cm³/mol. The largest absolute Gasteiger partial charge is 0.207 e. The Morgan fingerprint density at radius 3 is 2.14 bits per heavy atom. The van der Waals surface area contributed by atoms with E-state index in [4.69, 9.17) is 0 Å². The number of allylic oxidation sites excluding steroid dienone is 2. The minimum Gasteiger partial charge on any atom is -0.207 e. The lowest BCUT2D eigenvalue weighted by Crippen LogP contribution is -2.14. The van der Waals surface area contributed by atoms with E-state index >= 15 is 0 Å². The van der Waals surface area contributed by atoms with Gasteiger partial charge >= 0.3 is 0 Å². The van der Waals surface area contributed by atoms with Gasteiger partial charge in [0, 0.05) is 5.56 Å². The fourth-order valence-electron chi connectivity index (χ4n) is 5.77. The maximum absolute atomic E-state index is 14.5. The predicted octanol–water partition coefficient (Wildman–Crippen LogP) is 9.73. The summed E-state index contributed by atoms with van der Waals surface area (Å²) in [7, 11) is 0. The van der Waals surface area contributed by atoms with E-state index in [0.717, 1.165) is 24.8 Å². The Hall–Kier alpha value is -2.74. The molecule has 3 aromatic rings. The Bertz CT molecular complexity index is 1080. The lowest BCUT2D eigenvalue weighted by molar-refractivity contribution is 0.310. The smallest absolute Gasteiger partial charge is 0.129 e. The van der Waals surface area contributed by atoms with Crippen molar-refractivity contribution in [2.24, 2.45) is 5.92 Å². The van der Waals surface area contributed by atoms with Crippen LogP contribution in [0.5, 0.6) is 0 Å². The van der Waals surface area contributed by atoms with Crippen LogP contribution in [0.25, 0.3) is 0 Å². The van der Waals surface area contributed by atoms with E-state index < -0.39 is 0 Å². The van der Waals surface area contributed by atoms with Crippen LogP contribution in [-0.2, 0) is 19.3 Å². The standard InChI is InChI=1S/C34H40F2/c1-3-4-6-11-32-33(35)23-28(24-34(32)36)13-12-26-14-18-30(19-15-26)31-20-16-27(17-21-31)22-25(2)29-9-7-5-8-10-29/h3-5,7-10,16-17,20-21,23-26,30H,6,11-15,18-19,22H2,1-2H3/b4-3+/t25-,26?,30?/m1/s1. The van der Waals surface area contributed by atoms with Crippen LogP contribution in [0.3, 0.4) is 0 Å². The van der Waals surface area contributed by atoms with Crippen molar-refractivity contribution in [2.75, 3.05) is 0 Å². The lowest BCUT2D eigenvalue weighted by Gasteiger charge is -2.29. The second-order valence-corrected chi connectivity index (χ2v) is 10.7. The number of hydrogen-bond acceptors (Lipinski definition) is 0. The Balaban J connectivity index is 1.24. The van der Waals surface area contributed by atoms with Crippen molar-refractivity contribution in [3.05, 3.63) is 118 Å². The van der Waals surface area contributed by atoms with Gasteiger partial charge in [-0.3, -0.25) is 0 Å². The van der Waals surface area contributed by atoms with Crippen LogP contribution in [0.4, 0.5) is 8.78 Å². The number of hydrogen-bond donors (Lipinski definition) is 0. The van der Waals surface area contributed by atoms with Gasteiger partial charge in [0.25, 0.3) is 0 Å². The van der Waals surface area contributed by atoms with Crippen LogP contribution in [0.15, 0.2) is 78.9 Å². The van der Waals surface area contributed by atoms with Gasteiger partial charge in [-0.05, 0) is 117 Å². The van der Waals surface area contributed by atoms with Gasteiger partial charge in [-0.25, -0.2) is 8.78 Å². The molecule has 0 bridgehead atoms. The fraction of sp³-hybridized carbons (Fsp3) is 0.412. The van der Waals surface area contributed by atoms with Crippen molar-refractivity contribution in [2.45, 2.75) is 83.5 Å². The van der Waals surface area contributed by atoms with Gasteiger partial charge in [0.15, 0.2) is 0 Å². The van der Waals surface area contributed by atoms with Gasteiger partial charge in [0.2, 0.25) is 0 Å². The molecule has 3 aromatic carbocycles. The molecule has 0 radical (unpaired) electrons. The maximum atomic E-state index is 14.5. The highest BCUT2D eigenvalue weighted by Gasteiger charge is 2.22. The Kier molecular flexibility index (Phi) is 9.50. The quantitative estimate of drug-likeness (QED) is 0.250. The van der Waals surface area contributed by atoms with Gasteiger partial charge in [-0.2, -0.15) is 0 Å². The van der Waals surface area contributed by atoms with Crippen LogP contribution in [0, 0.1) is 17.6 Å². The van der Waals surface area contributed by atoms with E-state index in [-0.39, 0.29) is 17.2 Å². The van der Waals surface area contributed by atoms with E-state index in [1.165, 1.54) is 42.4 Å². The van der Waals surface area contributed by atoms with Crippen molar-refractivity contribution in [3.63, 3.8) is 0 Å². The minimum absolute atomic E-state index is 0.220.